The SMILES string of the molecule is COC(=O)O[C@H]1C=CC[C@H]2C(COCc3ccc(OC)cc3)=CC=C[C@@]12C. The third-order valence-corrected chi connectivity index (χ3v) is 5.35. The fourth-order valence-corrected chi connectivity index (χ4v) is 3.73. The summed E-state index contributed by atoms with van der Waals surface area (Å²) in [6.07, 6.45) is 10.1. The molecule has 3 atom stereocenters. The minimum atomic E-state index is -0.660. The Labute approximate surface area is 160 Å². The van der Waals surface area contributed by atoms with Crippen molar-refractivity contribution in [3.63, 3.8) is 0 Å². The first-order valence-electron chi connectivity index (χ1n) is 9.07. The molecular weight excluding hydrogens is 344 g/mol. The molecule has 0 spiro atoms. The van der Waals surface area contributed by atoms with E-state index in [0.717, 1.165) is 17.7 Å². The van der Waals surface area contributed by atoms with Crippen LogP contribution in [0.1, 0.15) is 18.9 Å². The van der Waals surface area contributed by atoms with Gasteiger partial charge in [-0.1, -0.05) is 43.4 Å². The molecule has 27 heavy (non-hydrogen) atoms. The fraction of sp³-hybridized carbons (Fsp3) is 0.409. The molecule has 0 bridgehead atoms. The third kappa shape index (κ3) is 4.25. The van der Waals surface area contributed by atoms with Gasteiger partial charge in [-0.2, -0.15) is 0 Å². The van der Waals surface area contributed by atoms with Crippen molar-refractivity contribution in [1.29, 1.82) is 0 Å². The topological polar surface area (TPSA) is 54.0 Å². The molecule has 0 N–H and O–H groups in total. The van der Waals surface area contributed by atoms with Crippen molar-refractivity contribution in [2.45, 2.75) is 26.1 Å². The van der Waals surface area contributed by atoms with Crippen LogP contribution in [-0.2, 0) is 20.8 Å². The van der Waals surface area contributed by atoms with Crippen molar-refractivity contribution in [2.24, 2.45) is 11.3 Å². The number of benzene rings is 1. The quantitative estimate of drug-likeness (QED) is 0.547. The van der Waals surface area contributed by atoms with Gasteiger partial charge in [0.2, 0.25) is 0 Å². The normalized spacial score (nSPS) is 26.1. The van der Waals surface area contributed by atoms with Gasteiger partial charge >= 0.3 is 6.16 Å². The number of carbonyl (C=O) groups excluding carboxylic acids is 1. The minimum Gasteiger partial charge on any atom is -0.497 e. The third-order valence-electron chi connectivity index (χ3n) is 5.35. The summed E-state index contributed by atoms with van der Waals surface area (Å²) in [4.78, 5) is 11.6. The monoisotopic (exact) mass is 370 g/mol. The molecule has 0 aliphatic heterocycles. The predicted molar refractivity (Wildman–Crippen MR) is 103 cm³/mol. The molecule has 0 heterocycles. The molecule has 2 aliphatic carbocycles. The number of methoxy groups -OCH3 is 2. The molecule has 0 fully saturated rings. The molecule has 0 saturated carbocycles. The number of carbonyl (C=O) groups is 1. The molecule has 5 nitrogen and oxygen atoms in total. The Morgan fingerprint density at radius 1 is 1.19 bits per heavy atom. The van der Waals surface area contributed by atoms with E-state index in [4.69, 9.17) is 14.2 Å². The van der Waals surface area contributed by atoms with Gasteiger partial charge in [0.15, 0.2) is 0 Å². The summed E-state index contributed by atoms with van der Waals surface area (Å²) < 4.78 is 21.3. The van der Waals surface area contributed by atoms with E-state index in [1.807, 2.05) is 36.4 Å². The zero-order chi connectivity index (χ0) is 19.3. The molecule has 1 aromatic carbocycles. The maximum absolute atomic E-state index is 11.6. The van der Waals surface area contributed by atoms with Crippen LogP contribution in [0.5, 0.6) is 5.75 Å². The second-order valence-corrected chi connectivity index (χ2v) is 7.02. The Bertz CT molecular complexity index is 746. The highest BCUT2D eigenvalue weighted by molar-refractivity contribution is 5.60. The molecule has 0 aromatic heterocycles. The van der Waals surface area contributed by atoms with Gasteiger partial charge in [0, 0.05) is 5.41 Å². The predicted octanol–water partition coefficient (Wildman–Crippen LogP) is 4.44. The van der Waals surface area contributed by atoms with E-state index < -0.39 is 6.16 Å². The Morgan fingerprint density at radius 2 is 1.96 bits per heavy atom. The first-order valence-corrected chi connectivity index (χ1v) is 9.07. The average molecular weight is 370 g/mol. The molecule has 0 saturated heterocycles. The van der Waals surface area contributed by atoms with E-state index in [1.165, 1.54) is 12.7 Å². The van der Waals surface area contributed by atoms with Gasteiger partial charge in [-0.15, -0.1) is 0 Å². The Kier molecular flexibility index (Phi) is 6.01. The van der Waals surface area contributed by atoms with Gasteiger partial charge in [0.25, 0.3) is 0 Å². The summed E-state index contributed by atoms with van der Waals surface area (Å²) in [5, 5.41) is 0. The largest absolute Gasteiger partial charge is 0.508 e. The highest BCUT2D eigenvalue weighted by atomic mass is 16.7. The standard InChI is InChI=1S/C22H26O5/c1-22-13-5-6-17(15-26-14-16-9-11-18(24-2)12-10-16)19(22)7-4-8-20(22)27-21(23)25-3/h4-6,8-13,19-20H,7,14-15H2,1-3H3/t19-,20-,22+/m0/s1. The van der Waals surface area contributed by atoms with Crippen LogP contribution in [0.15, 0.2) is 60.2 Å². The van der Waals surface area contributed by atoms with Crippen molar-refractivity contribution in [3.05, 3.63) is 65.8 Å². The van der Waals surface area contributed by atoms with Crippen molar-refractivity contribution >= 4 is 6.16 Å². The number of hydrogen-bond donors (Lipinski definition) is 0. The van der Waals surface area contributed by atoms with Crippen LogP contribution < -0.4 is 4.74 Å². The van der Waals surface area contributed by atoms with Crippen LogP contribution in [0.3, 0.4) is 0 Å². The Hall–Kier alpha value is -2.53. The summed E-state index contributed by atoms with van der Waals surface area (Å²) in [6, 6.07) is 7.86. The van der Waals surface area contributed by atoms with Crippen LogP contribution >= 0.6 is 0 Å². The number of ether oxygens (including phenoxy) is 4. The van der Waals surface area contributed by atoms with Gasteiger partial charge in [-0.25, -0.2) is 4.79 Å². The number of fused-ring (bicyclic) bond motifs is 1. The van der Waals surface area contributed by atoms with Crippen LogP contribution in [0.25, 0.3) is 0 Å². The van der Waals surface area contributed by atoms with E-state index in [0.29, 0.717) is 13.2 Å². The van der Waals surface area contributed by atoms with Crippen LogP contribution in [0.2, 0.25) is 0 Å². The molecular formula is C22H26O5. The number of hydrogen-bond acceptors (Lipinski definition) is 5. The molecule has 144 valence electrons. The van der Waals surface area contributed by atoms with E-state index in [-0.39, 0.29) is 17.4 Å². The molecule has 3 rings (SSSR count). The summed E-state index contributed by atoms with van der Waals surface area (Å²) in [6.45, 7) is 3.18. The second-order valence-electron chi connectivity index (χ2n) is 7.02. The molecule has 0 radical (unpaired) electrons. The van der Waals surface area contributed by atoms with Crippen LogP contribution in [-0.4, -0.2) is 33.1 Å². The molecule has 2 aliphatic rings. The summed E-state index contributed by atoms with van der Waals surface area (Å²) in [5.41, 5.74) is 1.99. The number of allylic oxidation sites excluding steroid dienone is 3. The lowest BCUT2D eigenvalue weighted by Crippen LogP contribution is -2.44. The zero-order valence-corrected chi connectivity index (χ0v) is 16.0. The first-order chi connectivity index (χ1) is 13.1. The minimum absolute atomic E-state index is 0.220. The van der Waals surface area contributed by atoms with Crippen molar-refractivity contribution in [1.82, 2.24) is 0 Å². The van der Waals surface area contributed by atoms with Crippen LogP contribution in [0.4, 0.5) is 4.79 Å². The average Bonchev–Trinajstić information content (AvgIpc) is 2.69. The maximum Gasteiger partial charge on any atom is 0.508 e. The second kappa shape index (κ2) is 8.44. The van der Waals surface area contributed by atoms with Gasteiger partial charge in [-0.05, 0) is 41.7 Å². The van der Waals surface area contributed by atoms with Gasteiger partial charge in [0.1, 0.15) is 11.9 Å². The Balaban J connectivity index is 1.63. The molecule has 0 amide bonds. The molecule has 5 heteroatoms. The summed E-state index contributed by atoms with van der Waals surface area (Å²) >= 11 is 0. The number of rotatable bonds is 6. The molecule has 1 aromatic rings. The van der Waals surface area contributed by atoms with E-state index in [1.54, 1.807) is 7.11 Å². The highest BCUT2D eigenvalue weighted by Gasteiger charge is 2.45. The maximum atomic E-state index is 11.6. The Morgan fingerprint density at radius 3 is 2.67 bits per heavy atom. The lowest BCUT2D eigenvalue weighted by molar-refractivity contribution is -0.00314. The van der Waals surface area contributed by atoms with Gasteiger partial charge < -0.3 is 18.9 Å². The fourth-order valence-electron chi connectivity index (χ4n) is 3.73. The summed E-state index contributed by atoms with van der Waals surface area (Å²) in [7, 11) is 2.98. The molecule has 0 unspecified atom stereocenters. The smallest absolute Gasteiger partial charge is 0.497 e. The van der Waals surface area contributed by atoms with Crippen LogP contribution in [0, 0.1) is 11.3 Å². The van der Waals surface area contributed by atoms with Gasteiger partial charge in [0.05, 0.1) is 27.4 Å². The van der Waals surface area contributed by atoms with E-state index >= 15 is 0 Å². The summed E-state index contributed by atoms with van der Waals surface area (Å²) in [5.74, 6) is 1.05. The zero-order valence-electron chi connectivity index (χ0n) is 16.0. The van der Waals surface area contributed by atoms with E-state index in [9.17, 15) is 4.79 Å². The highest BCUT2D eigenvalue weighted by Crippen LogP contribution is 2.46. The lowest BCUT2D eigenvalue weighted by Gasteiger charge is -2.44. The van der Waals surface area contributed by atoms with Crippen molar-refractivity contribution < 1.29 is 23.7 Å². The lowest BCUT2D eigenvalue weighted by atomic mass is 9.63. The van der Waals surface area contributed by atoms with Crippen molar-refractivity contribution in [2.75, 3.05) is 20.8 Å². The van der Waals surface area contributed by atoms with Crippen molar-refractivity contribution in [3.8, 4) is 5.75 Å². The van der Waals surface area contributed by atoms with Gasteiger partial charge in [-0.3, -0.25) is 0 Å². The first kappa shape index (κ1) is 19.2. The van der Waals surface area contributed by atoms with E-state index in [2.05, 4.69) is 29.9 Å².